The third kappa shape index (κ3) is 4.18. The van der Waals surface area contributed by atoms with Crippen LogP contribution in [0.4, 0.5) is 0 Å². The van der Waals surface area contributed by atoms with Crippen LogP contribution in [0.1, 0.15) is 17.7 Å². The summed E-state index contributed by atoms with van der Waals surface area (Å²) < 4.78 is 2.35. The van der Waals surface area contributed by atoms with Crippen LogP contribution in [0.2, 0.25) is 0 Å². The maximum absolute atomic E-state index is 4.20. The predicted octanol–water partition coefficient (Wildman–Crippen LogP) is 2.11. The second-order valence-corrected chi connectivity index (χ2v) is 6.24. The number of pyridine rings is 1. The molecule has 0 spiro atoms. The Balaban J connectivity index is 1.48. The Hall–Kier alpha value is -1.65. The zero-order valence-electron chi connectivity index (χ0n) is 13.5. The molecule has 0 aliphatic carbocycles. The van der Waals surface area contributed by atoms with Crippen LogP contribution in [0.25, 0.3) is 0 Å². The van der Waals surface area contributed by atoms with Gasteiger partial charge in [0.15, 0.2) is 0 Å². The number of aromatic nitrogens is 2. The van der Waals surface area contributed by atoms with Gasteiger partial charge in [0.1, 0.15) is 0 Å². The summed E-state index contributed by atoms with van der Waals surface area (Å²) in [7, 11) is 2.21. The summed E-state index contributed by atoms with van der Waals surface area (Å²) >= 11 is 0. The quantitative estimate of drug-likeness (QED) is 0.816. The second-order valence-electron chi connectivity index (χ2n) is 6.24. The fraction of sp³-hybridized carbons (Fsp3) is 0.500. The zero-order valence-corrected chi connectivity index (χ0v) is 13.5. The van der Waals surface area contributed by atoms with Crippen molar-refractivity contribution in [3.8, 4) is 0 Å². The van der Waals surface area contributed by atoms with Crippen LogP contribution in [-0.2, 0) is 13.0 Å². The molecule has 118 valence electrons. The largest absolute Gasteiger partial charge is 0.347 e. The molecule has 0 bridgehead atoms. The Morgan fingerprint density at radius 2 is 1.95 bits per heavy atom. The van der Waals surface area contributed by atoms with E-state index in [1.54, 1.807) is 0 Å². The van der Waals surface area contributed by atoms with Gasteiger partial charge in [0.2, 0.25) is 0 Å². The molecule has 0 unspecified atom stereocenters. The molecule has 1 fully saturated rings. The van der Waals surface area contributed by atoms with E-state index in [-0.39, 0.29) is 0 Å². The molecule has 4 nitrogen and oxygen atoms in total. The second kappa shape index (κ2) is 7.56. The van der Waals surface area contributed by atoms with Crippen LogP contribution >= 0.6 is 0 Å². The molecule has 1 saturated heterocycles. The predicted molar refractivity (Wildman–Crippen MR) is 90.0 cm³/mol. The van der Waals surface area contributed by atoms with Gasteiger partial charge >= 0.3 is 0 Å². The lowest BCUT2D eigenvalue weighted by Crippen LogP contribution is -2.44. The summed E-state index contributed by atoms with van der Waals surface area (Å²) in [5.74, 6) is 0. The molecular weight excluding hydrogens is 272 g/mol. The van der Waals surface area contributed by atoms with E-state index in [4.69, 9.17) is 0 Å². The van der Waals surface area contributed by atoms with E-state index < -0.39 is 0 Å². The third-order valence-electron chi connectivity index (χ3n) is 4.50. The normalized spacial score (nSPS) is 17.0. The van der Waals surface area contributed by atoms with Gasteiger partial charge in [-0.15, -0.1) is 0 Å². The molecule has 0 radical (unpaired) electrons. The van der Waals surface area contributed by atoms with Crippen LogP contribution in [0.3, 0.4) is 0 Å². The van der Waals surface area contributed by atoms with Gasteiger partial charge in [-0.05, 0) is 50.2 Å². The number of hydrogen-bond donors (Lipinski definition) is 0. The molecule has 0 amide bonds. The van der Waals surface area contributed by atoms with E-state index in [9.17, 15) is 0 Å². The smallest absolute Gasteiger partial charge is 0.0488 e. The molecule has 3 heterocycles. The van der Waals surface area contributed by atoms with Crippen LogP contribution in [0, 0.1) is 0 Å². The number of rotatable bonds is 6. The fourth-order valence-corrected chi connectivity index (χ4v) is 3.07. The fourth-order valence-electron chi connectivity index (χ4n) is 3.07. The van der Waals surface area contributed by atoms with Crippen LogP contribution in [0.15, 0.2) is 42.9 Å². The first-order chi connectivity index (χ1) is 10.8. The highest BCUT2D eigenvalue weighted by atomic mass is 15.2. The van der Waals surface area contributed by atoms with Crippen molar-refractivity contribution < 1.29 is 0 Å². The van der Waals surface area contributed by atoms with E-state index in [2.05, 4.69) is 50.8 Å². The summed E-state index contributed by atoms with van der Waals surface area (Å²) in [5, 5.41) is 0. The Morgan fingerprint density at radius 1 is 1.09 bits per heavy atom. The average molecular weight is 298 g/mol. The number of hydrogen-bond acceptors (Lipinski definition) is 3. The van der Waals surface area contributed by atoms with Crippen molar-refractivity contribution >= 4 is 0 Å². The van der Waals surface area contributed by atoms with Crippen molar-refractivity contribution in [3.05, 3.63) is 54.1 Å². The molecular formula is C18H26N4. The maximum atomic E-state index is 4.20. The molecule has 3 rings (SSSR count). The monoisotopic (exact) mass is 298 g/mol. The van der Waals surface area contributed by atoms with E-state index >= 15 is 0 Å². The summed E-state index contributed by atoms with van der Waals surface area (Å²) in [6.07, 6.45) is 8.35. The van der Waals surface area contributed by atoms with Gasteiger partial charge in [-0.1, -0.05) is 6.07 Å². The molecule has 0 atom stereocenters. The highest BCUT2D eigenvalue weighted by Crippen LogP contribution is 2.10. The van der Waals surface area contributed by atoms with E-state index in [1.165, 1.54) is 50.4 Å². The van der Waals surface area contributed by atoms with Gasteiger partial charge in [0.05, 0.1) is 0 Å². The first kappa shape index (κ1) is 15.3. The lowest BCUT2D eigenvalue weighted by molar-refractivity contribution is 0.153. The molecule has 0 N–H and O–H groups in total. The lowest BCUT2D eigenvalue weighted by Gasteiger charge is -2.32. The minimum Gasteiger partial charge on any atom is -0.347 e. The number of likely N-dealkylation sites (N-methyl/N-ethyl adjacent to an activating group) is 1. The topological polar surface area (TPSA) is 24.3 Å². The number of aryl methyl sites for hydroxylation is 1. The van der Waals surface area contributed by atoms with Crippen molar-refractivity contribution in [2.75, 3.05) is 39.8 Å². The first-order valence-corrected chi connectivity index (χ1v) is 8.25. The SMILES string of the molecule is CN1CCN(CCCc2cccn2Cc2cccnc2)CC1. The Bertz CT molecular complexity index is 555. The Kier molecular flexibility index (Phi) is 5.24. The average Bonchev–Trinajstić information content (AvgIpc) is 2.98. The Labute approximate surface area is 133 Å². The van der Waals surface area contributed by atoms with Gasteiger partial charge in [-0.3, -0.25) is 4.98 Å². The molecule has 1 aliphatic rings. The first-order valence-electron chi connectivity index (χ1n) is 8.25. The van der Waals surface area contributed by atoms with Crippen LogP contribution in [-0.4, -0.2) is 59.1 Å². The molecule has 4 heteroatoms. The summed E-state index contributed by atoms with van der Waals surface area (Å²) in [6, 6.07) is 8.55. The highest BCUT2D eigenvalue weighted by molar-refractivity contribution is 5.14. The van der Waals surface area contributed by atoms with Crippen molar-refractivity contribution in [2.45, 2.75) is 19.4 Å². The van der Waals surface area contributed by atoms with Crippen molar-refractivity contribution in [1.29, 1.82) is 0 Å². The van der Waals surface area contributed by atoms with Gasteiger partial charge in [0, 0.05) is 57.0 Å². The number of piperazine rings is 1. The van der Waals surface area contributed by atoms with Gasteiger partial charge < -0.3 is 14.4 Å². The molecule has 22 heavy (non-hydrogen) atoms. The van der Waals surface area contributed by atoms with Gasteiger partial charge in [-0.25, -0.2) is 0 Å². The van der Waals surface area contributed by atoms with E-state index in [1.807, 2.05) is 18.5 Å². The van der Waals surface area contributed by atoms with Crippen molar-refractivity contribution in [1.82, 2.24) is 19.4 Å². The van der Waals surface area contributed by atoms with Gasteiger partial charge in [0.25, 0.3) is 0 Å². The zero-order chi connectivity index (χ0) is 15.2. The maximum Gasteiger partial charge on any atom is 0.0488 e. The van der Waals surface area contributed by atoms with Crippen molar-refractivity contribution in [2.24, 2.45) is 0 Å². The minimum absolute atomic E-state index is 0.921. The molecule has 0 aromatic carbocycles. The van der Waals surface area contributed by atoms with E-state index in [0.29, 0.717) is 0 Å². The van der Waals surface area contributed by atoms with Gasteiger partial charge in [-0.2, -0.15) is 0 Å². The van der Waals surface area contributed by atoms with Crippen LogP contribution < -0.4 is 0 Å². The standard InChI is InChI=1S/C18H26N4/c1-20-11-13-21(14-12-20)9-3-6-18-7-4-10-22(18)16-17-5-2-8-19-15-17/h2,4-5,7-8,10,15H,3,6,9,11-14,16H2,1H3. The molecule has 0 saturated carbocycles. The minimum atomic E-state index is 0.921. The van der Waals surface area contributed by atoms with Crippen LogP contribution in [0.5, 0.6) is 0 Å². The highest BCUT2D eigenvalue weighted by Gasteiger charge is 2.13. The summed E-state index contributed by atoms with van der Waals surface area (Å²) in [6.45, 7) is 6.98. The third-order valence-corrected chi connectivity index (χ3v) is 4.50. The molecule has 2 aromatic rings. The Morgan fingerprint density at radius 3 is 2.73 bits per heavy atom. The summed E-state index contributed by atoms with van der Waals surface area (Å²) in [4.78, 5) is 9.20. The number of nitrogens with zero attached hydrogens (tertiary/aromatic N) is 4. The molecule has 2 aromatic heterocycles. The molecule has 1 aliphatic heterocycles. The summed E-state index contributed by atoms with van der Waals surface area (Å²) in [5.41, 5.74) is 2.69. The lowest BCUT2D eigenvalue weighted by atomic mass is 10.2. The van der Waals surface area contributed by atoms with E-state index in [0.717, 1.165) is 13.0 Å². The van der Waals surface area contributed by atoms with Crippen molar-refractivity contribution in [3.63, 3.8) is 0 Å².